The zero-order valence-electron chi connectivity index (χ0n) is 8.17. The maximum atomic E-state index is 10.7. The molecule has 0 heterocycles. The minimum atomic E-state index is -2.72. The van der Waals surface area contributed by atoms with Gasteiger partial charge in [0, 0.05) is 12.0 Å². The molecule has 0 radical (unpaired) electrons. The Kier molecular flexibility index (Phi) is 6.44. The van der Waals surface area contributed by atoms with E-state index in [1.165, 1.54) is 31.9 Å². The molecular weight excluding hydrogens is 172 g/mol. The van der Waals surface area contributed by atoms with E-state index in [9.17, 15) is 8.42 Å². The molecule has 0 amide bonds. The smallest absolute Gasteiger partial charge is 0.147 e. The van der Waals surface area contributed by atoms with Gasteiger partial charge in [0.25, 0.3) is 0 Å². The molecule has 0 aliphatic rings. The van der Waals surface area contributed by atoms with Gasteiger partial charge in [0.2, 0.25) is 0 Å². The van der Waals surface area contributed by atoms with Crippen molar-refractivity contribution >= 4 is 9.84 Å². The molecule has 12 heavy (non-hydrogen) atoms. The lowest BCUT2D eigenvalue weighted by atomic mass is 10.1. The lowest BCUT2D eigenvalue weighted by Gasteiger charge is -1.98. The molecule has 0 aliphatic carbocycles. The third kappa shape index (κ3) is 9.95. The lowest BCUT2D eigenvalue weighted by Crippen LogP contribution is -2.02. The Morgan fingerprint density at radius 1 is 0.917 bits per heavy atom. The van der Waals surface area contributed by atoms with Crippen LogP contribution in [0, 0.1) is 0 Å². The van der Waals surface area contributed by atoms with Crippen LogP contribution in [0.4, 0.5) is 0 Å². The summed E-state index contributed by atoms with van der Waals surface area (Å²) in [5.41, 5.74) is 0. The molecule has 3 heteroatoms. The Balaban J connectivity index is 3.12. The van der Waals surface area contributed by atoms with Crippen molar-refractivity contribution in [1.29, 1.82) is 0 Å². The number of sulfone groups is 1. The molecule has 0 fully saturated rings. The van der Waals surface area contributed by atoms with Crippen molar-refractivity contribution in [3.63, 3.8) is 0 Å². The highest BCUT2D eigenvalue weighted by atomic mass is 32.2. The van der Waals surface area contributed by atoms with E-state index in [1.807, 2.05) is 0 Å². The van der Waals surface area contributed by atoms with Gasteiger partial charge in [0.1, 0.15) is 9.84 Å². The summed E-state index contributed by atoms with van der Waals surface area (Å²) >= 11 is 0. The van der Waals surface area contributed by atoms with E-state index in [4.69, 9.17) is 0 Å². The third-order valence-electron chi connectivity index (χ3n) is 1.87. The van der Waals surface area contributed by atoms with Crippen molar-refractivity contribution in [3.05, 3.63) is 0 Å². The zero-order valence-corrected chi connectivity index (χ0v) is 8.99. The summed E-state index contributed by atoms with van der Waals surface area (Å²) in [6.07, 6.45) is 8.16. The summed E-state index contributed by atoms with van der Waals surface area (Å²) in [7, 11) is -2.72. The molecular formula is C9H20O2S. The topological polar surface area (TPSA) is 34.1 Å². The molecule has 0 spiro atoms. The van der Waals surface area contributed by atoms with Crippen LogP contribution in [-0.2, 0) is 9.84 Å². The number of rotatable bonds is 7. The van der Waals surface area contributed by atoms with Gasteiger partial charge in [0.15, 0.2) is 0 Å². The second-order valence-corrected chi connectivity index (χ2v) is 5.66. The van der Waals surface area contributed by atoms with Gasteiger partial charge in [-0.25, -0.2) is 8.42 Å². The van der Waals surface area contributed by atoms with Gasteiger partial charge in [-0.15, -0.1) is 0 Å². The van der Waals surface area contributed by atoms with Gasteiger partial charge in [0.05, 0.1) is 0 Å². The van der Waals surface area contributed by atoms with E-state index in [2.05, 4.69) is 6.92 Å². The molecule has 0 aromatic carbocycles. The van der Waals surface area contributed by atoms with Crippen molar-refractivity contribution in [2.24, 2.45) is 0 Å². The van der Waals surface area contributed by atoms with Crippen LogP contribution in [0.5, 0.6) is 0 Å². The number of hydrogen-bond acceptors (Lipinski definition) is 2. The molecule has 0 bridgehead atoms. The number of hydrogen-bond donors (Lipinski definition) is 0. The molecule has 2 nitrogen and oxygen atoms in total. The third-order valence-corrected chi connectivity index (χ3v) is 2.90. The van der Waals surface area contributed by atoms with Crippen LogP contribution in [0.15, 0.2) is 0 Å². The van der Waals surface area contributed by atoms with Crippen LogP contribution in [0.3, 0.4) is 0 Å². The highest BCUT2D eigenvalue weighted by Crippen LogP contribution is 2.05. The summed E-state index contributed by atoms with van der Waals surface area (Å²) in [4.78, 5) is 0. The highest BCUT2D eigenvalue weighted by Gasteiger charge is 2.00. The van der Waals surface area contributed by atoms with Crippen molar-refractivity contribution in [2.45, 2.75) is 45.4 Å². The highest BCUT2D eigenvalue weighted by molar-refractivity contribution is 7.90. The molecule has 74 valence electrons. The summed E-state index contributed by atoms with van der Waals surface area (Å²) in [5.74, 6) is 0.360. The normalized spacial score (nSPS) is 11.8. The minimum Gasteiger partial charge on any atom is -0.229 e. The van der Waals surface area contributed by atoms with E-state index in [0.717, 1.165) is 12.8 Å². The fourth-order valence-electron chi connectivity index (χ4n) is 1.14. The van der Waals surface area contributed by atoms with Crippen molar-refractivity contribution in [3.8, 4) is 0 Å². The average Bonchev–Trinajstić information content (AvgIpc) is 1.94. The summed E-state index contributed by atoms with van der Waals surface area (Å²) in [5, 5.41) is 0. The average molecular weight is 192 g/mol. The Hall–Kier alpha value is -0.0500. The van der Waals surface area contributed by atoms with Gasteiger partial charge >= 0.3 is 0 Å². The Bertz CT molecular complexity index is 183. The zero-order chi connectivity index (χ0) is 9.45. The van der Waals surface area contributed by atoms with Crippen molar-refractivity contribution in [2.75, 3.05) is 12.0 Å². The molecule has 0 aromatic heterocycles. The van der Waals surface area contributed by atoms with Gasteiger partial charge in [-0.2, -0.15) is 0 Å². The predicted octanol–water partition coefficient (Wildman–Crippen LogP) is 2.39. The van der Waals surface area contributed by atoms with Gasteiger partial charge in [-0.1, -0.05) is 39.0 Å². The van der Waals surface area contributed by atoms with E-state index >= 15 is 0 Å². The Morgan fingerprint density at radius 3 is 1.92 bits per heavy atom. The van der Waals surface area contributed by atoms with Crippen molar-refractivity contribution in [1.82, 2.24) is 0 Å². The Labute approximate surface area is 76.3 Å². The maximum absolute atomic E-state index is 10.7. The second kappa shape index (κ2) is 6.46. The van der Waals surface area contributed by atoms with E-state index in [1.54, 1.807) is 0 Å². The van der Waals surface area contributed by atoms with E-state index in [-0.39, 0.29) is 0 Å². The van der Waals surface area contributed by atoms with Crippen LogP contribution in [0.25, 0.3) is 0 Å². The predicted molar refractivity (Wildman–Crippen MR) is 53.1 cm³/mol. The van der Waals surface area contributed by atoms with Gasteiger partial charge < -0.3 is 0 Å². The first-order valence-electron chi connectivity index (χ1n) is 4.74. The first kappa shape index (κ1) is 11.9. The fourth-order valence-corrected chi connectivity index (χ4v) is 1.87. The molecule has 0 atom stereocenters. The van der Waals surface area contributed by atoms with Crippen LogP contribution in [0.2, 0.25) is 0 Å². The summed E-state index contributed by atoms with van der Waals surface area (Å²) < 4.78 is 21.4. The molecule has 0 aliphatic heterocycles. The van der Waals surface area contributed by atoms with E-state index in [0.29, 0.717) is 5.75 Å². The Morgan fingerprint density at radius 2 is 1.42 bits per heavy atom. The van der Waals surface area contributed by atoms with Crippen LogP contribution < -0.4 is 0 Å². The van der Waals surface area contributed by atoms with Crippen LogP contribution in [-0.4, -0.2) is 20.4 Å². The monoisotopic (exact) mass is 192 g/mol. The molecule has 0 aromatic rings. The number of unbranched alkanes of at least 4 members (excludes halogenated alkanes) is 5. The van der Waals surface area contributed by atoms with Gasteiger partial charge in [-0.05, 0) is 6.42 Å². The first-order valence-corrected chi connectivity index (χ1v) is 6.80. The summed E-state index contributed by atoms with van der Waals surface area (Å²) in [6, 6.07) is 0. The SMILES string of the molecule is CCCCCCCCS(C)(=O)=O. The molecule has 0 saturated carbocycles. The summed E-state index contributed by atoms with van der Waals surface area (Å²) in [6.45, 7) is 2.18. The fraction of sp³-hybridized carbons (Fsp3) is 1.00. The molecule has 0 rings (SSSR count). The lowest BCUT2D eigenvalue weighted by molar-refractivity contribution is 0.588. The molecule has 0 saturated heterocycles. The van der Waals surface area contributed by atoms with Crippen LogP contribution in [0.1, 0.15) is 45.4 Å². The molecule has 0 N–H and O–H groups in total. The van der Waals surface area contributed by atoms with E-state index < -0.39 is 9.84 Å². The minimum absolute atomic E-state index is 0.360. The van der Waals surface area contributed by atoms with Crippen LogP contribution >= 0.6 is 0 Å². The maximum Gasteiger partial charge on any atom is 0.147 e. The largest absolute Gasteiger partial charge is 0.229 e. The quantitative estimate of drug-likeness (QED) is 0.580. The van der Waals surface area contributed by atoms with Crippen molar-refractivity contribution < 1.29 is 8.42 Å². The van der Waals surface area contributed by atoms with Gasteiger partial charge in [-0.3, -0.25) is 0 Å². The second-order valence-electron chi connectivity index (χ2n) is 3.40. The molecule has 0 unspecified atom stereocenters. The standard InChI is InChI=1S/C9H20O2S/c1-3-4-5-6-7-8-9-12(2,10)11/h3-9H2,1-2H3. The first-order chi connectivity index (χ1) is 5.56.